The van der Waals surface area contributed by atoms with E-state index in [2.05, 4.69) is 51.0 Å². The molecule has 3 aliphatic heterocycles. The molecule has 2 aromatic heterocycles. The van der Waals surface area contributed by atoms with E-state index in [-0.39, 0.29) is 11.9 Å². The van der Waals surface area contributed by atoms with Gasteiger partial charge in [0, 0.05) is 58.0 Å². The number of ether oxygens (including phenoxy) is 1. The van der Waals surface area contributed by atoms with Gasteiger partial charge in [0.05, 0.1) is 16.0 Å². The van der Waals surface area contributed by atoms with Crippen molar-refractivity contribution in [1.82, 2.24) is 24.2 Å². The third-order valence-corrected chi connectivity index (χ3v) is 11.1. The average molecular weight is 597 g/mol. The van der Waals surface area contributed by atoms with E-state index in [4.69, 9.17) is 9.72 Å². The summed E-state index contributed by atoms with van der Waals surface area (Å²) in [6.45, 7) is 7.57. The second-order valence-corrected chi connectivity index (χ2v) is 14.4. The molecular formula is C30H40N6O3S2. The molecule has 0 bridgehead atoms. The van der Waals surface area contributed by atoms with E-state index in [0.717, 1.165) is 80.0 Å². The first kappa shape index (κ1) is 28.5. The van der Waals surface area contributed by atoms with Gasteiger partial charge in [-0.25, -0.2) is 23.4 Å². The van der Waals surface area contributed by atoms with Gasteiger partial charge in [-0.05, 0) is 67.6 Å². The van der Waals surface area contributed by atoms with Crippen molar-refractivity contribution in [2.45, 2.75) is 58.0 Å². The maximum absolute atomic E-state index is 12.9. The molecular weight excluding hydrogens is 557 g/mol. The van der Waals surface area contributed by atoms with E-state index in [9.17, 15) is 8.42 Å². The van der Waals surface area contributed by atoms with Gasteiger partial charge < -0.3 is 14.5 Å². The van der Waals surface area contributed by atoms with E-state index in [1.165, 1.54) is 24.0 Å². The maximum atomic E-state index is 12.9. The number of anilines is 1. The molecule has 6 rings (SSSR count). The van der Waals surface area contributed by atoms with Crippen LogP contribution in [-0.4, -0.2) is 90.2 Å². The van der Waals surface area contributed by atoms with Crippen molar-refractivity contribution >= 4 is 43.1 Å². The van der Waals surface area contributed by atoms with E-state index in [0.29, 0.717) is 24.8 Å². The number of thiazole rings is 1. The Balaban J connectivity index is 1.03. The van der Waals surface area contributed by atoms with Crippen molar-refractivity contribution in [3.63, 3.8) is 0 Å². The van der Waals surface area contributed by atoms with Gasteiger partial charge in [-0.2, -0.15) is 4.31 Å². The Morgan fingerprint density at radius 3 is 2.54 bits per heavy atom. The predicted molar refractivity (Wildman–Crippen MR) is 165 cm³/mol. The van der Waals surface area contributed by atoms with E-state index in [1.54, 1.807) is 15.6 Å². The quantitative estimate of drug-likeness (QED) is 0.335. The first-order chi connectivity index (χ1) is 20.0. The van der Waals surface area contributed by atoms with Crippen molar-refractivity contribution < 1.29 is 13.2 Å². The number of nitrogens with zero attached hydrogens (tertiary/aromatic N) is 6. The van der Waals surface area contributed by atoms with Gasteiger partial charge in [-0.15, -0.1) is 0 Å². The highest BCUT2D eigenvalue weighted by atomic mass is 32.2. The zero-order valence-electron chi connectivity index (χ0n) is 23.9. The fourth-order valence-electron chi connectivity index (χ4n) is 5.94. The van der Waals surface area contributed by atoms with Crippen LogP contribution >= 0.6 is 11.3 Å². The topological polar surface area (TPSA) is 91.8 Å². The number of fused-ring (bicyclic) bond motifs is 1. The third kappa shape index (κ3) is 6.90. The largest absolute Gasteiger partial charge is 0.467 e. The zero-order valence-corrected chi connectivity index (χ0v) is 25.5. The summed E-state index contributed by atoms with van der Waals surface area (Å²) in [5.41, 5.74) is 4.46. The molecule has 0 unspecified atom stereocenters. The highest BCUT2D eigenvalue weighted by Gasteiger charge is 2.26. The Morgan fingerprint density at radius 1 is 1.05 bits per heavy atom. The molecule has 220 valence electrons. The monoisotopic (exact) mass is 596 g/mol. The molecule has 5 heterocycles. The van der Waals surface area contributed by atoms with E-state index in [1.807, 2.05) is 12.4 Å². The second-order valence-electron chi connectivity index (χ2n) is 11.3. The summed E-state index contributed by atoms with van der Waals surface area (Å²) in [6.07, 6.45) is 13.1. The number of aryl methyl sites for hydroxylation is 1. The normalized spacial score (nSPS) is 19.6. The van der Waals surface area contributed by atoms with Crippen molar-refractivity contribution in [3.8, 4) is 5.19 Å². The van der Waals surface area contributed by atoms with Crippen LogP contribution in [0.25, 0.3) is 15.8 Å². The number of sulfonamides is 1. The van der Waals surface area contributed by atoms with Crippen LogP contribution in [0.5, 0.6) is 5.19 Å². The Hall–Kier alpha value is -2.60. The van der Waals surface area contributed by atoms with Crippen molar-refractivity contribution in [1.29, 1.82) is 0 Å². The fourth-order valence-corrected chi connectivity index (χ4v) is 8.28. The zero-order chi connectivity index (χ0) is 28.2. The minimum Gasteiger partial charge on any atom is -0.467 e. The first-order valence-electron chi connectivity index (χ1n) is 15.0. The molecule has 3 aliphatic rings. The summed E-state index contributed by atoms with van der Waals surface area (Å²) in [5, 5.41) is 0.712. The van der Waals surface area contributed by atoms with Gasteiger partial charge in [0.2, 0.25) is 16.0 Å². The van der Waals surface area contributed by atoms with Gasteiger partial charge >= 0.3 is 0 Å². The lowest BCUT2D eigenvalue weighted by atomic mass is 10.0. The van der Waals surface area contributed by atoms with Crippen LogP contribution in [0, 0.1) is 0 Å². The van der Waals surface area contributed by atoms with Gasteiger partial charge in [-0.1, -0.05) is 36.8 Å². The molecule has 2 saturated heterocycles. The molecule has 0 aliphatic carbocycles. The van der Waals surface area contributed by atoms with Gasteiger partial charge in [-0.3, -0.25) is 0 Å². The molecule has 9 nitrogen and oxygen atoms in total. The Kier molecular flexibility index (Phi) is 8.85. The molecule has 41 heavy (non-hydrogen) atoms. The van der Waals surface area contributed by atoms with Crippen molar-refractivity contribution in [2.75, 3.05) is 56.5 Å². The summed E-state index contributed by atoms with van der Waals surface area (Å²) in [4.78, 5) is 18.4. The molecule has 11 heteroatoms. The van der Waals surface area contributed by atoms with E-state index < -0.39 is 10.0 Å². The van der Waals surface area contributed by atoms with E-state index >= 15 is 0 Å². The minimum absolute atomic E-state index is 0.130. The molecule has 0 amide bonds. The number of hydrogen-bond donors (Lipinski definition) is 0. The van der Waals surface area contributed by atoms with Crippen LogP contribution in [-0.2, 0) is 16.4 Å². The summed E-state index contributed by atoms with van der Waals surface area (Å²) in [7, 11) is -3.23. The van der Waals surface area contributed by atoms with Gasteiger partial charge in [0.1, 0.15) is 6.10 Å². The summed E-state index contributed by atoms with van der Waals surface area (Å²) in [5.74, 6) is 1.01. The maximum Gasteiger partial charge on any atom is 0.274 e. The Labute approximate surface area is 247 Å². The molecule has 3 aromatic rings. The summed E-state index contributed by atoms with van der Waals surface area (Å²) < 4.78 is 34.8. The summed E-state index contributed by atoms with van der Waals surface area (Å²) in [6, 6.07) is 6.32. The van der Waals surface area contributed by atoms with Gasteiger partial charge in [0.25, 0.3) is 5.19 Å². The van der Waals surface area contributed by atoms with Crippen molar-refractivity contribution in [2.24, 2.45) is 0 Å². The fraction of sp³-hybridized carbons (Fsp3) is 0.567. The number of piperidine rings is 1. The number of hydrogen-bond acceptors (Lipinski definition) is 9. The van der Waals surface area contributed by atoms with Crippen LogP contribution in [0.4, 0.5) is 5.95 Å². The highest BCUT2D eigenvalue weighted by Crippen LogP contribution is 2.33. The standard InChI is InChI=1S/C30H40N6O3S2/c1-2-5-23-21-31-29(32-22-23)35-14-10-26(11-15-35)39-30-33-27-7-6-25(20-28(27)40-30)24-8-16-36(17-9-24)41(37,38)19-18-34-12-3-4-13-34/h6-8,20-22,26H,2-5,9-19H2,1H3. The smallest absolute Gasteiger partial charge is 0.274 e. The second kappa shape index (κ2) is 12.7. The Morgan fingerprint density at radius 2 is 1.83 bits per heavy atom. The minimum atomic E-state index is -3.23. The molecule has 0 atom stereocenters. The number of aromatic nitrogens is 3. The molecule has 2 fully saturated rings. The first-order valence-corrected chi connectivity index (χ1v) is 17.4. The highest BCUT2D eigenvalue weighted by molar-refractivity contribution is 7.89. The molecule has 0 N–H and O–H groups in total. The van der Waals surface area contributed by atoms with Crippen LogP contribution in [0.2, 0.25) is 0 Å². The number of benzene rings is 1. The predicted octanol–water partition coefficient (Wildman–Crippen LogP) is 4.60. The molecule has 0 spiro atoms. The molecule has 1 aromatic carbocycles. The van der Waals surface area contributed by atoms with Crippen LogP contribution in [0.1, 0.15) is 56.6 Å². The average Bonchev–Trinajstić information content (AvgIpc) is 3.67. The SMILES string of the molecule is CCCc1cnc(N2CCC(Oc3nc4ccc(C5=CCN(S(=O)(=O)CCN6CCCC6)CC5)cc4s3)CC2)nc1. The lowest BCUT2D eigenvalue weighted by Gasteiger charge is -2.31. The van der Waals surface area contributed by atoms with Gasteiger partial charge in [0.15, 0.2) is 0 Å². The van der Waals surface area contributed by atoms with Crippen LogP contribution in [0.15, 0.2) is 36.7 Å². The lowest BCUT2D eigenvalue weighted by Crippen LogP contribution is -2.39. The summed E-state index contributed by atoms with van der Waals surface area (Å²) >= 11 is 1.59. The number of rotatable bonds is 10. The number of likely N-dealkylation sites (tertiary alicyclic amines) is 1. The third-order valence-electron chi connectivity index (χ3n) is 8.39. The van der Waals surface area contributed by atoms with Crippen LogP contribution in [0.3, 0.4) is 0 Å². The molecule has 0 radical (unpaired) electrons. The Bertz CT molecular complexity index is 1460. The molecule has 0 saturated carbocycles. The van der Waals surface area contributed by atoms with Crippen molar-refractivity contribution in [3.05, 3.63) is 47.8 Å². The lowest BCUT2D eigenvalue weighted by molar-refractivity contribution is 0.170. The van der Waals surface area contributed by atoms with Crippen LogP contribution < -0.4 is 9.64 Å².